The summed E-state index contributed by atoms with van der Waals surface area (Å²) in [6.07, 6.45) is 1.61. The molecule has 124 valence electrons. The maximum atomic E-state index is 6.79. The van der Waals surface area contributed by atoms with Gasteiger partial charge in [0.05, 0.1) is 6.10 Å². The van der Waals surface area contributed by atoms with Crippen LogP contribution in [0.5, 0.6) is 0 Å². The third-order valence-electron chi connectivity index (χ3n) is 5.99. The molecule has 1 saturated carbocycles. The second kappa shape index (κ2) is 5.85. The van der Waals surface area contributed by atoms with Crippen LogP contribution in [0.2, 0.25) is 18.1 Å². The van der Waals surface area contributed by atoms with Gasteiger partial charge in [-0.05, 0) is 42.8 Å². The van der Waals surface area contributed by atoms with Gasteiger partial charge in [-0.15, -0.1) is 0 Å². The molecule has 2 heteroatoms. The molecular formula is C19H38OSi. The summed E-state index contributed by atoms with van der Waals surface area (Å²) in [5.41, 5.74) is 3.50. The molecule has 0 saturated heterocycles. The van der Waals surface area contributed by atoms with Gasteiger partial charge in [-0.25, -0.2) is 0 Å². The van der Waals surface area contributed by atoms with Crippen LogP contribution in [0.4, 0.5) is 0 Å². The van der Waals surface area contributed by atoms with Crippen molar-refractivity contribution in [3.05, 3.63) is 11.1 Å². The molecule has 0 aromatic rings. The fraction of sp³-hybridized carbons (Fsp3) is 0.895. The molecule has 3 atom stereocenters. The Balaban J connectivity index is 3.04. The Morgan fingerprint density at radius 2 is 1.52 bits per heavy atom. The van der Waals surface area contributed by atoms with Gasteiger partial charge in [0.2, 0.25) is 0 Å². The summed E-state index contributed by atoms with van der Waals surface area (Å²) in [6.45, 7) is 25.8. The molecule has 0 radical (unpaired) electrons. The van der Waals surface area contributed by atoms with Crippen LogP contribution in [-0.2, 0) is 4.43 Å². The van der Waals surface area contributed by atoms with E-state index in [1.165, 1.54) is 6.42 Å². The van der Waals surface area contributed by atoms with Crippen molar-refractivity contribution in [2.24, 2.45) is 17.3 Å². The summed E-state index contributed by atoms with van der Waals surface area (Å²) in [5, 5.41) is 0.290. The highest BCUT2D eigenvalue weighted by atomic mass is 28.4. The molecule has 0 bridgehead atoms. The molecule has 0 heterocycles. The normalized spacial score (nSPS) is 30.7. The second-order valence-electron chi connectivity index (χ2n) is 9.71. The Kier molecular flexibility index (Phi) is 5.28. The standard InChI is InChI=1S/C19H38OSi/c1-13-12-16(15(3)18(4,5)6)14(2)17(13)20-21(10,11)19(7,8)9/h13-14,17H,12H2,1-11H3/b16-15-/t13-,14-,17-/m0/s1. The third kappa shape index (κ3) is 4.01. The predicted octanol–water partition coefficient (Wildman–Crippen LogP) is 6.42. The van der Waals surface area contributed by atoms with E-state index in [-0.39, 0.29) is 10.5 Å². The molecule has 1 rings (SSSR count). The topological polar surface area (TPSA) is 9.23 Å². The van der Waals surface area contributed by atoms with Crippen molar-refractivity contribution in [2.45, 2.75) is 93.0 Å². The van der Waals surface area contributed by atoms with Gasteiger partial charge in [0.1, 0.15) is 0 Å². The molecule has 21 heavy (non-hydrogen) atoms. The zero-order valence-electron chi connectivity index (χ0n) is 16.3. The molecule has 1 nitrogen and oxygen atoms in total. The third-order valence-corrected chi connectivity index (χ3v) is 10.5. The maximum Gasteiger partial charge on any atom is 0.192 e. The summed E-state index contributed by atoms with van der Waals surface area (Å²) in [5.74, 6) is 1.20. The highest BCUT2D eigenvalue weighted by molar-refractivity contribution is 6.74. The lowest BCUT2D eigenvalue weighted by molar-refractivity contribution is 0.118. The average Bonchev–Trinajstić information content (AvgIpc) is 2.53. The van der Waals surface area contributed by atoms with Crippen LogP contribution in [0.15, 0.2) is 11.1 Å². The lowest BCUT2D eigenvalue weighted by Crippen LogP contribution is -2.45. The van der Waals surface area contributed by atoms with Gasteiger partial charge in [0, 0.05) is 5.92 Å². The van der Waals surface area contributed by atoms with Gasteiger partial charge in [-0.2, -0.15) is 0 Å². The molecular weight excluding hydrogens is 272 g/mol. The van der Waals surface area contributed by atoms with Gasteiger partial charge in [0.15, 0.2) is 8.32 Å². The minimum absolute atomic E-state index is 0.273. The van der Waals surface area contributed by atoms with E-state index in [0.29, 0.717) is 17.9 Å². The first kappa shape index (κ1) is 19.0. The molecule has 0 amide bonds. The van der Waals surface area contributed by atoms with Crippen LogP contribution in [0.3, 0.4) is 0 Å². The molecule has 0 aliphatic heterocycles. The van der Waals surface area contributed by atoms with E-state index in [0.717, 1.165) is 0 Å². The molecule has 0 aromatic heterocycles. The van der Waals surface area contributed by atoms with Crippen LogP contribution < -0.4 is 0 Å². The van der Waals surface area contributed by atoms with E-state index < -0.39 is 8.32 Å². The smallest absolute Gasteiger partial charge is 0.192 e. The summed E-state index contributed by atoms with van der Waals surface area (Å²) in [7, 11) is -1.69. The summed E-state index contributed by atoms with van der Waals surface area (Å²) < 4.78 is 6.79. The van der Waals surface area contributed by atoms with E-state index in [1.54, 1.807) is 11.1 Å². The maximum absolute atomic E-state index is 6.79. The van der Waals surface area contributed by atoms with Crippen molar-refractivity contribution in [3.63, 3.8) is 0 Å². The molecule has 1 fully saturated rings. The molecule has 0 aromatic carbocycles. The summed E-state index contributed by atoms with van der Waals surface area (Å²) >= 11 is 0. The van der Waals surface area contributed by atoms with Crippen molar-refractivity contribution < 1.29 is 4.43 Å². The first-order chi connectivity index (χ1) is 9.18. The highest BCUT2D eigenvalue weighted by Gasteiger charge is 2.45. The zero-order chi connectivity index (χ0) is 16.8. The quantitative estimate of drug-likeness (QED) is 0.422. The van der Waals surface area contributed by atoms with E-state index >= 15 is 0 Å². The second-order valence-corrected chi connectivity index (χ2v) is 14.5. The van der Waals surface area contributed by atoms with Crippen molar-refractivity contribution >= 4 is 8.32 Å². The Bertz CT molecular complexity index is 406. The van der Waals surface area contributed by atoms with E-state index in [2.05, 4.69) is 75.4 Å². The van der Waals surface area contributed by atoms with Crippen LogP contribution in [-0.4, -0.2) is 14.4 Å². The number of hydrogen-bond donors (Lipinski definition) is 0. The largest absolute Gasteiger partial charge is 0.413 e. The van der Waals surface area contributed by atoms with Gasteiger partial charge in [0.25, 0.3) is 0 Å². The van der Waals surface area contributed by atoms with Crippen LogP contribution in [0, 0.1) is 17.3 Å². The van der Waals surface area contributed by atoms with Crippen LogP contribution in [0.1, 0.15) is 68.7 Å². The lowest BCUT2D eigenvalue weighted by atomic mass is 9.82. The van der Waals surface area contributed by atoms with Crippen molar-refractivity contribution in [1.29, 1.82) is 0 Å². The highest BCUT2D eigenvalue weighted by Crippen LogP contribution is 2.46. The first-order valence-corrected chi connectivity index (χ1v) is 11.5. The molecule has 0 unspecified atom stereocenters. The first-order valence-electron chi connectivity index (χ1n) is 8.56. The van der Waals surface area contributed by atoms with Crippen molar-refractivity contribution in [1.82, 2.24) is 0 Å². The van der Waals surface area contributed by atoms with Crippen LogP contribution >= 0.6 is 0 Å². The fourth-order valence-corrected chi connectivity index (χ4v) is 4.52. The van der Waals surface area contributed by atoms with E-state index in [4.69, 9.17) is 4.43 Å². The monoisotopic (exact) mass is 310 g/mol. The summed E-state index contributed by atoms with van der Waals surface area (Å²) in [4.78, 5) is 0. The zero-order valence-corrected chi connectivity index (χ0v) is 17.3. The summed E-state index contributed by atoms with van der Waals surface area (Å²) in [6, 6.07) is 0. The number of rotatable bonds is 2. The van der Waals surface area contributed by atoms with Gasteiger partial charge < -0.3 is 4.43 Å². The molecule has 0 N–H and O–H groups in total. The Hall–Kier alpha value is -0.0831. The SMILES string of the molecule is C/C(=C1\C[C@H](C)[C@H](O[Si](C)(C)C(C)(C)C)[C@H]1C)C(C)(C)C. The minimum atomic E-state index is -1.69. The Morgan fingerprint density at radius 1 is 1.05 bits per heavy atom. The average molecular weight is 311 g/mol. The fourth-order valence-electron chi connectivity index (χ4n) is 3.05. The van der Waals surface area contributed by atoms with E-state index in [9.17, 15) is 0 Å². The van der Waals surface area contributed by atoms with Gasteiger partial charge in [-0.3, -0.25) is 0 Å². The molecule has 1 aliphatic carbocycles. The van der Waals surface area contributed by atoms with Gasteiger partial charge >= 0.3 is 0 Å². The minimum Gasteiger partial charge on any atom is -0.413 e. The molecule has 1 aliphatic rings. The van der Waals surface area contributed by atoms with Crippen molar-refractivity contribution in [3.8, 4) is 0 Å². The number of hydrogen-bond acceptors (Lipinski definition) is 1. The lowest BCUT2D eigenvalue weighted by Gasteiger charge is -2.40. The van der Waals surface area contributed by atoms with E-state index in [1.807, 2.05) is 0 Å². The molecule has 0 spiro atoms. The van der Waals surface area contributed by atoms with Crippen molar-refractivity contribution in [2.75, 3.05) is 0 Å². The Morgan fingerprint density at radius 3 is 1.90 bits per heavy atom. The van der Waals surface area contributed by atoms with Gasteiger partial charge in [-0.1, -0.05) is 66.5 Å². The predicted molar refractivity (Wildman–Crippen MR) is 97.2 cm³/mol. The number of allylic oxidation sites excluding steroid dienone is 1. The van der Waals surface area contributed by atoms with Crippen LogP contribution in [0.25, 0.3) is 0 Å². The Labute approximate surface area is 134 Å².